The number of nitrogens with zero attached hydrogens (tertiary/aromatic N) is 2. The van der Waals surface area contributed by atoms with Crippen molar-refractivity contribution in [3.63, 3.8) is 0 Å². The normalized spacial score (nSPS) is 15.6. The molecule has 0 spiro atoms. The van der Waals surface area contributed by atoms with Gasteiger partial charge < -0.3 is 9.64 Å². The zero-order chi connectivity index (χ0) is 15.7. The van der Waals surface area contributed by atoms with Gasteiger partial charge in [0.05, 0.1) is 6.61 Å². The Morgan fingerprint density at radius 3 is 2.48 bits per heavy atom. The lowest BCUT2D eigenvalue weighted by Gasteiger charge is -2.36. The highest BCUT2D eigenvalue weighted by Gasteiger charge is 2.16. The summed E-state index contributed by atoms with van der Waals surface area (Å²) in [5.74, 6) is 0.920. The van der Waals surface area contributed by atoms with Crippen molar-refractivity contribution in [2.75, 3.05) is 44.2 Å². The fourth-order valence-electron chi connectivity index (χ4n) is 2.96. The maximum Gasteiger partial charge on any atom is 0.119 e. The van der Waals surface area contributed by atoms with Crippen molar-refractivity contribution in [1.29, 1.82) is 0 Å². The molecule has 121 valence electrons. The molecule has 1 saturated heterocycles. The monoisotopic (exact) mass is 309 g/mol. The Hall–Kier alpha value is -2.00. The molecule has 1 fully saturated rings. The Morgan fingerprint density at radius 2 is 1.74 bits per heavy atom. The van der Waals surface area contributed by atoms with Gasteiger partial charge in [-0.3, -0.25) is 4.90 Å². The lowest BCUT2D eigenvalue weighted by Crippen LogP contribution is -2.46. The van der Waals surface area contributed by atoms with Crippen molar-refractivity contribution < 1.29 is 4.74 Å². The van der Waals surface area contributed by atoms with Gasteiger partial charge in [-0.15, -0.1) is 0 Å². The van der Waals surface area contributed by atoms with E-state index in [4.69, 9.17) is 4.74 Å². The van der Waals surface area contributed by atoms with Crippen LogP contribution < -0.4 is 9.64 Å². The average Bonchev–Trinajstić information content (AvgIpc) is 2.64. The van der Waals surface area contributed by atoms with Crippen LogP contribution in [-0.4, -0.2) is 44.2 Å². The Bertz CT molecular complexity index is 550. The SMILES string of the molecule is [c]1cccc(OCCCCN2CCN(c3ccccc3)CC2)c1. The van der Waals surface area contributed by atoms with E-state index in [2.05, 4.69) is 46.2 Å². The molecule has 2 aromatic rings. The van der Waals surface area contributed by atoms with E-state index in [1.54, 1.807) is 0 Å². The van der Waals surface area contributed by atoms with E-state index in [-0.39, 0.29) is 0 Å². The number of benzene rings is 2. The summed E-state index contributed by atoms with van der Waals surface area (Å²) in [7, 11) is 0. The Labute approximate surface area is 139 Å². The van der Waals surface area contributed by atoms with Gasteiger partial charge in [0.1, 0.15) is 5.75 Å². The molecule has 23 heavy (non-hydrogen) atoms. The molecule has 1 aliphatic rings. The standard InChI is InChI=1S/C20H25N2O/c1-3-9-19(10-4-1)22-16-14-21(15-17-22)13-7-8-18-23-20-11-5-2-6-12-20/h1-5,9-12H,7-8,13-18H2. The summed E-state index contributed by atoms with van der Waals surface area (Å²) < 4.78 is 5.71. The summed E-state index contributed by atoms with van der Waals surface area (Å²) in [6.45, 7) is 6.53. The second-order valence-corrected chi connectivity index (χ2v) is 5.96. The van der Waals surface area contributed by atoms with Crippen molar-refractivity contribution in [3.05, 3.63) is 60.7 Å². The van der Waals surface area contributed by atoms with E-state index < -0.39 is 0 Å². The molecular weight excluding hydrogens is 284 g/mol. The van der Waals surface area contributed by atoms with Crippen LogP contribution in [0, 0.1) is 6.07 Å². The molecule has 1 heterocycles. The van der Waals surface area contributed by atoms with Crippen molar-refractivity contribution >= 4 is 5.69 Å². The van der Waals surface area contributed by atoms with Gasteiger partial charge in [-0.2, -0.15) is 0 Å². The Balaban J connectivity index is 1.29. The quantitative estimate of drug-likeness (QED) is 0.728. The van der Waals surface area contributed by atoms with Crippen molar-refractivity contribution in [2.24, 2.45) is 0 Å². The van der Waals surface area contributed by atoms with E-state index in [1.807, 2.05) is 24.3 Å². The van der Waals surface area contributed by atoms with Gasteiger partial charge in [0.25, 0.3) is 0 Å². The molecule has 0 atom stereocenters. The summed E-state index contributed by atoms with van der Waals surface area (Å²) in [5, 5.41) is 0. The molecule has 0 bridgehead atoms. The summed E-state index contributed by atoms with van der Waals surface area (Å²) in [6.07, 6.45) is 2.30. The first kappa shape index (κ1) is 15.9. The molecule has 0 unspecified atom stereocenters. The first-order chi connectivity index (χ1) is 11.4. The number of para-hydroxylation sites is 1. The first-order valence-electron chi connectivity index (χ1n) is 8.53. The zero-order valence-corrected chi connectivity index (χ0v) is 13.7. The van der Waals surface area contributed by atoms with Crippen molar-refractivity contribution in [1.82, 2.24) is 4.90 Å². The third kappa shape index (κ3) is 5.00. The highest BCUT2D eigenvalue weighted by atomic mass is 16.5. The fourth-order valence-corrected chi connectivity index (χ4v) is 2.96. The van der Waals surface area contributed by atoms with E-state index in [0.717, 1.165) is 45.0 Å². The first-order valence-corrected chi connectivity index (χ1v) is 8.53. The van der Waals surface area contributed by atoms with Gasteiger partial charge >= 0.3 is 0 Å². The van der Waals surface area contributed by atoms with E-state index in [1.165, 1.54) is 18.7 Å². The smallest absolute Gasteiger partial charge is 0.119 e. The van der Waals surface area contributed by atoms with Crippen LogP contribution in [0.2, 0.25) is 0 Å². The minimum atomic E-state index is 0.793. The molecule has 0 N–H and O–H groups in total. The molecule has 0 aliphatic carbocycles. The minimum absolute atomic E-state index is 0.793. The molecule has 3 heteroatoms. The number of hydrogen-bond acceptors (Lipinski definition) is 3. The van der Waals surface area contributed by atoms with E-state index in [0.29, 0.717) is 0 Å². The summed E-state index contributed by atoms with van der Waals surface area (Å²) in [5.41, 5.74) is 1.35. The summed E-state index contributed by atoms with van der Waals surface area (Å²) >= 11 is 0. The average molecular weight is 309 g/mol. The maximum absolute atomic E-state index is 5.71. The van der Waals surface area contributed by atoms with Crippen LogP contribution >= 0.6 is 0 Å². The molecule has 1 radical (unpaired) electrons. The van der Waals surface area contributed by atoms with Gasteiger partial charge in [0.2, 0.25) is 0 Å². The number of ether oxygens (including phenoxy) is 1. The highest BCUT2D eigenvalue weighted by Crippen LogP contribution is 2.15. The molecule has 2 aromatic carbocycles. The van der Waals surface area contributed by atoms with Crippen LogP contribution in [0.4, 0.5) is 5.69 Å². The van der Waals surface area contributed by atoms with Gasteiger partial charge in [-0.05, 0) is 49.7 Å². The predicted octanol–water partition coefficient (Wildman–Crippen LogP) is 3.47. The van der Waals surface area contributed by atoms with Gasteiger partial charge in [-0.25, -0.2) is 0 Å². The second-order valence-electron chi connectivity index (χ2n) is 5.96. The van der Waals surface area contributed by atoms with Crippen LogP contribution in [0.3, 0.4) is 0 Å². The van der Waals surface area contributed by atoms with Gasteiger partial charge in [0, 0.05) is 31.9 Å². The second kappa shape index (κ2) is 8.59. The largest absolute Gasteiger partial charge is 0.494 e. The van der Waals surface area contributed by atoms with Crippen LogP contribution in [0.5, 0.6) is 5.75 Å². The number of unbranched alkanes of at least 4 members (excludes halogenated alkanes) is 1. The topological polar surface area (TPSA) is 15.7 Å². The number of rotatable bonds is 7. The third-order valence-corrected chi connectivity index (χ3v) is 4.31. The lowest BCUT2D eigenvalue weighted by atomic mass is 10.2. The third-order valence-electron chi connectivity index (χ3n) is 4.31. The predicted molar refractivity (Wildman–Crippen MR) is 95.1 cm³/mol. The molecule has 3 rings (SSSR count). The van der Waals surface area contributed by atoms with E-state index >= 15 is 0 Å². The summed E-state index contributed by atoms with van der Waals surface area (Å²) in [6, 6.07) is 21.5. The number of piperazine rings is 1. The van der Waals surface area contributed by atoms with Gasteiger partial charge in [-0.1, -0.05) is 30.3 Å². The molecule has 1 aliphatic heterocycles. The number of anilines is 1. The van der Waals surface area contributed by atoms with E-state index in [9.17, 15) is 0 Å². The molecule has 0 aromatic heterocycles. The lowest BCUT2D eigenvalue weighted by molar-refractivity contribution is 0.238. The molecule has 0 amide bonds. The van der Waals surface area contributed by atoms with Crippen molar-refractivity contribution in [2.45, 2.75) is 12.8 Å². The molecule has 3 nitrogen and oxygen atoms in total. The highest BCUT2D eigenvalue weighted by molar-refractivity contribution is 5.46. The minimum Gasteiger partial charge on any atom is -0.494 e. The van der Waals surface area contributed by atoms with Gasteiger partial charge in [0.15, 0.2) is 0 Å². The van der Waals surface area contributed by atoms with Crippen LogP contribution in [0.25, 0.3) is 0 Å². The molecule has 0 saturated carbocycles. The zero-order valence-electron chi connectivity index (χ0n) is 13.7. The maximum atomic E-state index is 5.71. The Morgan fingerprint density at radius 1 is 0.913 bits per heavy atom. The van der Waals surface area contributed by atoms with Crippen molar-refractivity contribution in [3.8, 4) is 5.75 Å². The van der Waals surface area contributed by atoms with Crippen LogP contribution in [0.15, 0.2) is 54.6 Å². The number of hydrogen-bond donors (Lipinski definition) is 0. The Kier molecular flexibility index (Phi) is 5.93. The van der Waals surface area contributed by atoms with Crippen LogP contribution in [-0.2, 0) is 0 Å². The van der Waals surface area contributed by atoms with Crippen LogP contribution in [0.1, 0.15) is 12.8 Å². The summed E-state index contributed by atoms with van der Waals surface area (Å²) in [4.78, 5) is 5.04. The fraction of sp³-hybridized carbons (Fsp3) is 0.400. The molecular formula is C20H25N2O.